The molecule has 5 nitrogen and oxygen atoms in total. The first-order valence-electron chi connectivity index (χ1n) is 7.57. The van der Waals surface area contributed by atoms with Crippen molar-refractivity contribution in [3.8, 4) is 5.75 Å². The molecule has 24 heavy (non-hydrogen) atoms. The van der Waals surface area contributed by atoms with Crippen LogP contribution in [0, 0.1) is 5.92 Å². The van der Waals surface area contributed by atoms with Crippen molar-refractivity contribution in [3.05, 3.63) is 29.8 Å². The van der Waals surface area contributed by atoms with Crippen molar-refractivity contribution in [3.63, 3.8) is 0 Å². The van der Waals surface area contributed by atoms with Crippen LogP contribution in [0.1, 0.15) is 25.3 Å². The summed E-state index contributed by atoms with van der Waals surface area (Å²) >= 11 is 0. The fraction of sp³-hybridized carbons (Fsp3) is 0.500. The molecule has 8 heteroatoms. The number of primary amides is 1. The predicted octanol–water partition coefficient (Wildman–Crippen LogP) is 2.20. The van der Waals surface area contributed by atoms with Gasteiger partial charge in [-0.2, -0.15) is 13.2 Å². The molecule has 2 rings (SSSR count). The summed E-state index contributed by atoms with van der Waals surface area (Å²) in [5.41, 5.74) is 4.51. The molecule has 0 saturated carbocycles. The van der Waals surface area contributed by atoms with Crippen LogP contribution in [0.5, 0.6) is 5.75 Å². The quantitative estimate of drug-likeness (QED) is 0.910. The van der Waals surface area contributed by atoms with E-state index < -0.39 is 17.6 Å². The van der Waals surface area contributed by atoms with Crippen molar-refractivity contribution in [1.82, 2.24) is 4.90 Å². The molecular formula is C16H19F3N2O3. The van der Waals surface area contributed by atoms with Crippen LogP contribution in [-0.2, 0) is 15.8 Å². The number of benzene rings is 1. The number of piperidine rings is 1. The summed E-state index contributed by atoms with van der Waals surface area (Å²) in [4.78, 5) is 25.1. The minimum absolute atomic E-state index is 0.0377. The van der Waals surface area contributed by atoms with Gasteiger partial charge in [0.1, 0.15) is 5.75 Å². The summed E-state index contributed by atoms with van der Waals surface area (Å²) in [6.07, 6.45) is -3.11. The lowest BCUT2D eigenvalue weighted by molar-refractivity contribution is -0.140. The van der Waals surface area contributed by atoms with Crippen molar-refractivity contribution in [2.45, 2.75) is 32.0 Å². The Morgan fingerprint density at radius 2 is 1.88 bits per heavy atom. The van der Waals surface area contributed by atoms with E-state index in [2.05, 4.69) is 0 Å². The van der Waals surface area contributed by atoms with E-state index in [0.717, 1.165) is 12.1 Å². The molecule has 1 aromatic rings. The molecule has 0 bridgehead atoms. The van der Waals surface area contributed by atoms with E-state index in [0.29, 0.717) is 12.8 Å². The van der Waals surface area contributed by atoms with Gasteiger partial charge in [-0.1, -0.05) is 0 Å². The van der Waals surface area contributed by atoms with Gasteiger partial charge >= 0.3 is 6.18 Å². The lowest BCUT2D eigenvalue weighted by Crippen LogP contribution is -2.50. The number of ether oxygens (including phenoxy) is 1. The third-order valence-corrected chi connectivity index (χ3v) is 4.15. The lowest BCUT2D eigenvalue weighted by Gasteiger charge is -2.36. The SMILES string of the molecule is CC1CCC(C(N)=O)CN1C(=O)COc1ccc(C(F)(F)F)cc1. The van der Waals surface area contributed by atoms with E-state index in [9.17, 15) is 22.8 Å². The molecule has 0 aliphatic carbocycles. The topological polar surface area (TPSA) is 72.6 Å². The predicted molar refractivity (Wildman–Crippen MR) is 80.0 cm³/mol. The Morgan fingerprint density at radius 3 is 2.42 bits per heavy atom. The Kier molecular flexibility index (Phi) is 5.36. The van der Waals surface area contributed by atoms with Gasteiger partial charge < -0.3 is 15.4 Å². The number of nitrogens with zero attached hydrogens (tertiary/aromatic N) is 1. The molecule has 1 aliphatic rings. The fourth-order valence-corrected chi connectivity index (χ4v) is 2.65. The highest BCUT2D eigenvalue weighted by Gasteiger charge is 2.32. The molecule has 0 radical (unpaired) electrons. The maximum atomic E-state index is 12.5. The van der Waals surface area contributed by atoms with Gasteiger partial charge in [0.15, 0.2) is 6.61 Å². The maximum Gasteiger partial charge on any atom is 0.416 e. The monoisotopic (exact) mass is 344 g/mol. The zero-order chi connectivity index (χ0) is 17.9. The number of halogens is 3. The van der Waals surface area contributed by atoms with E-state index in [1.165, 1.54) is 17.0 Å². The number of alkyl halides is 3. The maximum absolute atomic E-state index is 12.5. The third-order valence-electron chi connectivity index (χ3n) is 4.15. The number of carbonyl (C=O) groups excluding carboxylic acids is 2. The number of nitrogens with two attached hydrogens (primary N) is 1. The molecule has 132 valence electrons. The van der Waals surface area contributed by atoms with Gasteiger partial charge in [0, 0.05) is 12.6 Å². The fourth-order valence-electron chi connectivity index (χ4n) is 2.65. The Labute approximate surface area is 137 Å². The minimum Gasteiger partial charge on any atom is -0.484 e. The highest BCUT2D eigenvalue weighted by atomic mass is 19.4. The molecule has 2 N–H and O–H groups in total. The molecule has 1 saturated heterocycles. The van der Waals surface area contributed by atoms with Gasteiger partial charge in [0.05, 0.1) is 11.5 Å². The number of likely N-dealkylation sites (tertiary alicyclic amines) is 1. The largest absolute Gasteiger partial charge is 0.484 e. The Bertz CT molecular complexity index is 602. The molecule has 1 fully saturated rings. The minimum atomic E-state index is -4.42. The van der Waals surface area contributed by atoms with Crippen LogP contribution in [0.25, 0.3) is 0 Å². The first-order valence-corrected chi connectivity index (χ1v) is 7.57. The number of rotatable bonds is 4. The summed E-state index contributed by atoms with van der Waals surface area (Å²) in [7, 11) is 0. The van der Waals surface area contributed by atoms with Crippen molar-refractivity contribution in [2.75, 3.05) is 13.2 Å². The normalized spacial score (nSPS) is 21.4. The first-order chi connectivity index (χ1) is 11.2. The highest BCUT2D eigenvalue weighted by Crippen LogP contribution is 2.30. The van der Waals surface area contributed by atoms with E-state index in [-0.39, 0.29) is 36.8 Å². The lowest BCUT2D eigenvalue weighted by atomic mass is 9.93. The second-order valence-corrected chi connectivity index (χ2v) is 5.88. The summed E-state index contributed by atoms with van der Waals surface area (Å²) in [6.45, 7) is 1.81. The van der Waals surface area contributed by atoms with Gasteiger partial charge in [-0.15, -0.1) is 0 Å². The Hall–Kier alpha value is -2.25. The number of amides is 2. The number of hydrogen-bond acceptors (Lipinski definition) is 3. The van der Waals surface area contributed by atoms with Gasteiger partial charge in [-0.05, 0) is 44.0 Å². The van der Waals surface area contributed by atoms with Crippen LogP contribution in [0.2, 0.25) is 0 Å². The van der Waals surface area contributed by atoms with Crippen molar-refractivity contribution < 1.29 is 27.5 Å². The van der Waals surface area contributed by atoms with Crippen LogP contribution < -0.4 is 10.5 Å². The van der Waals surface area contributed by atoms with E-state index in [1.54, 1.807) is 0 Å². The zero-order valence-corrected chi connectivity index (χ0v) is 13.2. The van der Waals surface area contributed by atoms with Crippen LogP contribution in [0.15, 0.2) is 24.3 Å². The highest BCUT2D eigenvalue weighted by molar-refractivity contribution is 5.81. The molecule has 2 atom stereocenters. The number of carbonyl (C=O) groups is 2. The van der Waals surface area contributed by atoms with Crippen LogP contribution in [-0.4, -0.2) is 35.9 Å². The van der Waals surface area contributed by atoms with E-state index >= 15 is 0 Å². The van der Waals surface area contributed by atoms with E-state index in [1.807, 2.05) is 6.92 Å². The molecule has 2 unspecified atom stereocenters. The second-order valence-electron chi connectivity index (χ2n) is 5.88. The van der Waals surface area contributed by atoms with Gasteiger partial charge in [-0.25, -0.2) is 0 Å². The Balaban J connectivity index is 1.93. The van der Waals surface area contributed by atoms with Crippen molar-refractivity contribution >= 4 is 11.8 Å². The molecule has 1 aliphatic heterocycles. The zero-order valence-electron chi connectivity index (χ0n) is 13.2. The third kappa shape index (κ3) is 4.39. The smallest absolute Gasteiger partial charge is 0.416 e. The molecule has 1 heterocycles. The Morgan fingerprint density at radius 1 is 1.25 bits per heavy atom. The van der Waals surface area contributed by atoms with Crippen LogP contribution in [0.4, 0.5) is 13.2 Å². The standard InChI is InChI=1S/C16H19F3N2O3/c1-10-2-3-11(15(20)23)8-21(10)14(22)9-24-13-6-4-12(5-7-13)16(17,18)19/h4-7,10-11H,2-3,8-9H2,1H3,(H2,20,23). The van der Waals surface area contributed by atoms with Crippen LogP contribution >= 0.6 is 0 Å². The van der Waals surface area contributed by atoms with Gasteiger partial charge in [0.2, 0.25) is 5.91 Å². The molecule has 0 aromatic heterocycles. The van der Waals surface area contributed by atoms with Crippen molar-refractivity contribution in [2.24, 2.45) is 11.7 Å². The average molecular weight is 344 g/mol. The summed E-state index contributed by atoms with van der Waals surface area (Å²) in [5, 5.41) is 0. The average Bonchev–Trinajstić information content (AvgIpc) is 2.52. The van der Waals surface area contributed by atoms with Crippen LogP contribution in [0.3, 0.4) is 0 Å². The second kappa shape index (κ2) is 7.11. The number of hydrogen-bond donors (Lipinski definition) is 1. The first kappa shape index (κ1) is 18.1. The summed E-state index contributed by atoms with van der Waals surface area (Å²) < 4.78 is 42.7. The molecular weight excluding hydrogens is 325 g/mol. The van der Waals surface area contributed by atoms with E-state index in [4.69, 9.17) is 10.5 Å². The van der Waals surface area contributed by atoms with Crippen molar-refractivity contribution in [1.29, 1.82) is 0 Å². The van der Waals surface area contributed by atoms with Gasteiger partial charge in [0.25, 0.3) is 5.91 Å². The summed E-state index contributed by atoms with van der Waals surface area (Å²) in [5.74, 6) is -0.972. The molecule has 2 amide bonds. The molecule has 1 aromatic carbocycles. The summed E-state index contributed by atoms with van der Waals surface area (Å²) in [6, 6.07) is 4.09. The van der Waals surface area contributed by atoms with Gasteiger partial charge in [-0.3, -0.25) is 9.59 Å². The molecule has 0 spiro atoms.